The summed E-state index contributed by atoms with van der Waals surface area (Å²) in [7, 11) is 0. The van der Waals surface area contributed by atoms with E-state index in [1.807, 2.05) is 52.8 Å². The third-order valence-corrected chi connectivity index (χ3v) is 4.41. The number of amides is 2. The summed E-state index contributed by atoms with van der Waals surface area (Å²) in [6, 6.07) is 12.8. The molecule has 6 heteroatoms. The van der Waals surface area contributed by atoms with Gasteiger partial charge in [-0.25, -0.2) is 0 Å². The van der Waals surface area contributed by atoms with Gasteiger partial charge < -0.3 is 20.1 Å². The van der Waals surface area contributed by atoms with E-state index < -0.39 is 5.41 Å². The number of rotatable bonds is 9. The third kappa shape index (κ3) is 6.51. The molecule has 0 aliphatic rings. The first kappa shape index (κ1) is 23.3. The van der Waals surface area contributed by atoms with Gasteiger partial charge in [0.15, 0.2) is 11.5 Å². The number of carbonyl (C=O) groups is 2. The molecule has 0 aromatic heterocycles. The van der Waals surface area contributed by atoms with E-state index in [0.29, 0.717) is 43.2 Å². The highest BCUT2D eigenvalue weighted by Crippen LogP contribution is 2.28. The second-order valence-corrected chi connectivity index (χ2v) is 7.90. The van der Waals surface area contributed by atoms with Gasteiger partial charge in [0.25, 0.3) is 5.91 Å². The van der Waals surface area contributed by atoms with Crippen molar-refractivity contribution < 1.29 is 19.1 Å². The molecule has 162 valence electrons. The van der Waals surface area contributed by atoms with Gasteiger partial charge in [0.1, 0.15) is 0 Å². The molecule has 2 rings (SSSR count). The van der Waals surface area contributed by atoms with E-state index in [0.717, 1.165) is 11.3 Å². The quantitative estimate of drug-likeness (QED) is 0.638. The fraction of sp³-hybridized carbons (Fsp3) is 0.417. The standard InChI is InChI=1S/C24H32N2O4/c1-6-29-20-13-12-17(16-21(20)30-7-2)14-15-25-22(27)18-10-8-9-11-19(18)26-23(28)24(3,4)5/h8-13,16H,6-7,14-15H2,1-5H3,(H,25,27)(H,26,28). The normalized spacial score (nSPS) is 11.0. The van der Waals surface area contributed by atoms with Crippen molar-refractivity contribution >= 4 is 17.5 Å². The van der Waals surface area contributed by atoms with Gasteiger partial charge in [-0.15, -0.1) is 0 Å². The highest BCUT2D eigenvalue weighted by Gasteiger charge is 2.23. The van der Waals surface area contributed by atoms with Crippen LogP contribution in [0, 0.1) is 5.41 Å². The molecule has 6 nitrogen and oxygen atoms in total. The van der Waals surface area contributed by atoms with Crippen LogP contribution in [0.15, 0.2) is 42.5 Å². The van der Waals surface area contributed by atoms with Gasteiger partial charge in [0, 0.05) is 12.0 Å². The number of carbonyl (C=O) groups excluding carboxylic acids is 2. The zero-order valence-electron chi connectivity index (χ0n) is 18.5. The molecule has 2 aromatic rings. The van der Waals surface area contributed by atoms with Gasteiger partial charge in [-0.05, 0) is 50.1 Å². The fourth-order valence-electron chi connectivity index (χ4n) is 2.77. The SMILES string of the molecule is CCOc1ccc(CCNC(=O)c2ccccc2NC(=O)C(C)(C)C)cc1OCC. The van der Waals surface area contributed by atoms with Crippen LogP contribution in [0.4, 0.5) is 5.69 Å². The minimum absolute atomic E-state index is 0.138. The van der Waals surface area contributed by atoms with Crippen LogP contribution in [-0.4, -0.2) is 31.6 Å². The van der Waals surface area contributed by atoms with E-state index >= 15 is 0 Å². The molecule has 0 aliphatic carbocycles. The Bertz CT molecular complexity index is 872. The van der Waals surface area contributed by atoms with E-state index in [2.05, 4.69) is 10.6 Å². The summed E-state index contributed by atoms with van der Waals surface area (Å²) in [5.74, 6) is 1.06. The van der Waals surface area contributed by atoms with Gasteiger partial charge in [-0.3, -0.25) is 9.59 Å². The summed E-state index contributed by atoms with van der Waals surface area (Å²) in [5.41, 5.74) is 1.44. The maximum atomic E-state index is 12.7. The van der Waals surface area contributed by atoms with E-state index in [-0.39, 0.29) is 11.8 Å². The molecule has 0 heterocycles. The smallest absolute Gasteiger partial charge is 0.253 e. The monoisotopic (exact) mass is 412 g/mol. The van der Waals surface area contributed by atoms with Crippen molar-refractivity contribution in [2.24, 2.45) is 5.41 Å². The van der Waals surface area contributed by atoms with Crippen LogP contribution in [0.1, 0.15) is 50.5 Å². The number of nitrogens with one attached hydrogen (secondary N) is 2. The predicted molar refractivity (Wildman–Crippen MR) is 119 cm³/mol. The minimum Gasteiger partial charge on any atom is -0.490 e. The lowest BCUT2D eigenvalue weighted by Crippen LogP contribution is -2.30. The topological polar surface area (TPSA) is 76.7 Å². The number of benzene rings is 2. The molecule has 0 aliphatic heterocycles. The van der Waals surface area contributed by atoms with Gasteiger partial charge in [0.2, 0.25) is 5.91 Å². The number of ether oxygens (including phenoxy) is 2. The van der Waals surface area contributed by atoms with Crippen LogP contribution in [0.5, 0.6) is 11.5 Å². The summed E-state index contributed by atoms with van der Waals surface area (Å²) >= 11 is 0. The van der Waals surface area contributed by atoms with Crippen LogP contribution >= 0.6 is 0 Å². The second-order valence-electron chi connectivity index (χ2n) is 7.90. The minimum atomic E-state index is -0.546. The highest BCUT2D eigenvalue weighted by molar-refractivity contribution is 6.04. The van der Waals surface area contributed by atoms with Crippen molar-refractivity contribution in [3.05, 3.63) is 53.6 Å². The van der Waals surface area contributed by atoms with Gasteiger partial charge in [-0.2, -0.15) is 0 Å². The summed E-state index contributed by atoms with van der Waals surface area (Å²) in [5, 5.41) is 5.78. The Morgan fingerprint density at radius 1 is 0.933 bits per heavy atom. The van der Waals surface area contributed by atoms with Crippen molar-refractivity contribution in [1.29, 1.82) is 0 Å². The maximum absolute atomic E-state index is 12.7. The molecular formula is C24H32N2O4. The zero-order valence-corrected chi connectivity index (χ0v) is 18.5. The Hall–Kier alpha value is -3.02. The summed E-state index contributed by atoms with van der Waals surface area (Å²) in [4.78, 5) is 25.0. The van der Waals surface area contributed by atoms with E-state index in [9.17, 15) is 9.59 Å². The van der Waals surface area contributed by atoms with Crippen molar-refractivity contribution in [3.8, 4) is 11.5 Å². The van der Waals surface area contributed by atoms with Crippen molar-refractivity contribution in [2.45, 2.75) is 41.0 Å². The molecule has 0 radical (unpaired) electrons. The first-order chi connectivity index (χ1) is 14.3. The van der Waals surface area contributed by atoms with Crippen LogP contribution in [0.2, 0.25) is 0 Å². The largest absolute Gasteiger partial charge is 0.490 e. The Morgan fingerprint density at radius 2 is 1.60 bits per heavy atom. The average molecular weight is 413 g/mol. The third-order valence-electron chi connectivity index (χ3n) is 4.41. The first-order valence-electron chi connectivity index (χ1n) is 10.3. The van der Waals surface area contributed by atoms with Crippen LogP contribution in [0.25, 0.3) is 0 Å². The molecular weight excluding hydrogens is 380 g/mol. The molecule has 0 saturated heterocycles. The molecule has 0 bridgehead atoms. The summed E-state index contributed by atoms with van der Waals surface area (Å²) < 4.78 is 11.2. The zero-order chi connectivity index (χ0) is 22.1. The van der Waals surface area contributed by atoms with Crippen molar-refractivity contribution in [3.63, 3.8) is 0 Å². The molecule has 0 fully saturated rings. The molecule has 0 saturated carbocycles. The molecule has 0 atom stereocenters. The number of hydrogen-bond acceptors (Lipinski definition) is 4. The van der Waals surface area contributed by atoms with Gasteiger partial charge in [0.05, 0.1) is 24.5 Å². The van der Waals surface area contributed by atoms with Gasteiger partial charge in [-0.1, -0.05) is 39.0 Å². The lowest BCUT2D eigenvalue weighted by Gasteiger charge is -2.19. The average Bonchev–Trinajstić information content (AvgIpc) is 2.70. The predicted octanol–water partition coefficient (Wildman–Crippen LogP) is 4.44. The van der Waals surface area contributed by atoms with Gasteiger partial charge >= 0.3 is 0 Å². The van der Waals surface area contributed by atoms with Crippen LogP contribution < -0.4 is 20.1 Å². The molecule has 0 unspecified atom stereocenters. The molecule has 2 N–H and O–H groups in total. The number of para-hydroxylation sites is 1. The van der Waals surface area contributed by atoms with E-state index in [1.54, 1.807) is 24.3 Å². The van der Waals surface area contributed by atoms with Crippen molar-refractivity contribution in [1.82, 2.24) is 5.32 Å². The molecule has 0 spiro atoms. The maximum Gasteiger partial charge on any atom is 0.253 e. The first-order valence-corrected chi connectivity index (χ1v) is 10.3. The molecule has 2 aromatic carbocycles. The van der Waals surface area contributed by atoms with E-state index in [4.69, 9.17) is 9.47 Å². The van der Waals surface area contributed by atoms with Crippen LogP contribution in [-0.2, 0) is 11.2 Å². The Morgan fingerprint density at radius 3 is 2.27 bits per heavy atom. The Balaban J connectivity index is 2.02. The lowest BCUT2D eigenvalue weighted by atomic mass is 9.95. The number of anilines is 1. The molecule has 2 amide bonds. The second kappa shape index (κ2) is 10.7. The van der Waals surface area contributed by atoms with Crippen molar-refractivity contribution in [2.75, 3.05) is 25.1 Å². The lowest BCUT2D eigenvalue weighted by molar-refractivity contribution is -0.123. The fourth-order valence-corrected chi connectivity index (χ4v) is 2.77. The highest BCUT2D eigenvalue weighted by atomic mass is 16.5. The Labute approximate surface area is 179 Å². The van der Waals surface area contributed by atoms with Crippen LogP contribution in [0.3, 0.4) is 0 Å². The summed E-state index contributed by atoms with van der Waals surface area (Å²) in [6.45, 7) is 10.9. The molecule has 30 heavy (non-hydrogen) atoms. The number of hydrogen-bond donors (Lipinski definition) is 2. The van der Waals surface area contributed by atoms with E-state index in [1.165, 1.54) is 0 Å². The Kier molecular flexibility index (Phi) is 8.27. The summed E-state index contributed by atoms with van der Waals surface area (Å²) in [6.07, 6.45) is 0.648.